The molecule has 0 saturated carbocycles. The van der Waals surface area contributed by atoms with Gasteiger partial charge in [0.05, 0.1) is 16.5 Å². The zero-order chi connectivity index (χ0) is 21.5. The van der Waals surface area contributed by atoms with E-state index in [1.165, 1.54) is 17.8 Å². The summed E-state index contributed by atoms with van der Waals surface area (Å²) in [5.74, 6) is -0.0351. The monoisotopic (exact) mass is 442 g/mol. The maximum atomic E-state index is 14.6. The molecular formula is C22H20ClFN4OS. The molecule has 0 fully saturated rings. The molecule has 30 heavy (non-hydrogen) atoms. The van der Waals surface area contributed by atoms with Gasteiger partial charge in [-0.3, -0.25) is 9.36 Å². The number of halogens is 2. The summed E-state index contributed by atoms with van der Waals surface area (Å²) >= 11 is 7.52. The summed E-state index contributed by atoms with van der Waals surface area (Å²) in [5, 5.41) is 9.32. The molecule has 2 aromatic carbocycles. The van der Waals surface area contributed by atoms with Gasteiger partial charge in [0, 0.05) is 18.7 Å². The van der Waals surface area contributed by atoms with E-state index in [0.717, 1.165) is 0 Å². The third-order valence-corrected chi connectivity index (χ3v) is 5.46. The highest BCUT2D eigenvalue weighted by Gasteiger charge is 2.21. The Bertz CT molecular complexity index is 1060. The van der Waals surface area contributed by atoms with Gasteiger partial charge in [-0.2, -0.15) is 0 Å². The zero-order valence-electron chi connectivity index (χ0n) is 16.2. The number of amides is 1. The number of carbonyl (C=O) groups excluding carboxylic acids is 1. The van der Waals surface area contributed by atoms with Gasteiger partial charge < -0.3 is 4.90 Å². The fourth-order valence-corrected chi connectivity index (χ4v) is 3.91. The molecule has 8 heteroatoms. The Labute approximate surface area is 183 Å². The average molecular weight is 443 g/mol. The van der Waals surface area contributed by atoms with E-state index < -0.39 is 5.82 Å². The SMILES string of the molecule is C=CCN(CC=C)C(=O)CSc1nnc(-c2ccccc2Cl)n1-c1ccccc1F. The second-order valence-corrected chi connectivity index (χ2v) is 7.59. The molecule has 1 amide bonds. The number of hydrogen-bond acceptors (Lipinski definition) is 4. The van der Waals surface area contributed by atoms with Crippen molar-refractivity contribution in [2.24, 2.45) is 0 Å². The third-order valence-electron chi connectivity index (χ3n) is 4.22. The number of hydrogen-bond donors (Lipinski definition) is 0. The first-order chi connectivity index (χ1) is 14.6. The zero-order valence-corrected chi connectivity index (χ0v) is 17.7. The normalized spacial score (nSPS) is 10.6. The lowest BCUT2D eigenvalue weighted by Gasteiger charge is -2.19. The fraction of sp³-hybridized carbons (Fsp3) is 0.136. The predicted octanol–water partition coefficient (Wildman–Crippen LogP) is 5.02. The Morgan fingerprint density at radius 2 is 1.77 bits per heavy atom. The van der Waals surface area contributed by atoms with Gasteiger partial charge in [-0.15, -0.1) is 23.4 Å². The van der Waals surface area contributed by atoms with Crippen LogP contribution in [0.15, 0.2) is 79.0 Å². The van der Waals surface area contributed by atoms with Crippen LogP contribution in [0.25, 0.3) is 17.1 Å². The van der Waals surface area contributed by atoms with Crippen molar-refractivity contribution >= 4 is 29.3 Å². The van der Waals surface area contributed by atoms with E-state index in [2.05, 4.69) is 23.4 Å². The number of rotatable bonds is 9. The lowest BCUT2D eigenvalue weighted by Crippen LogP contribution is -2.32. The van der Waals surface area contributed by atoms with Gasteiger partial charge in [0.15, 0.2) is 11.0 Å². The maximum absolute atomic E-state index is 14.6. The number of aromatic nitrogens is 3. The van der Waals surface area contributed by atoms with Crippen molar-refractivity contribution in [2.75, 3.05) is 18.8 Å². The Balaban J connectivity index is 1.98. The van der Waals surface area contributed by atoms with Crippen LogP contribution in [-0.4, -0.2) is 44.4 Å². The standard InChI is InChI=1S/C22H20ClFN4OS/c1-3-13-27(14-4-2)20(29)15-30-22-26-25-21(16-9-5-6-10-17(16)23)28(22)19-12-8-7-11-18(19)24/h3-12H,1-2,13-15H2. The average Bonchev–Trinajstić information content (AvgIpc) is 3.16. The molecule has 0 bridgehead atoms. The molecule has 0 spiro atoms. The first kappa shape index (κ1) is 21.8. The summed E-state index contributed by atoms with van der Waals surface area (Å²) in [6.45, 7) is 8.18. The quantitative estimate of drug-likeness (QED) is 0.345. The largest absolute Gasteiger partial charge is 0.335 e. The summed E-state index contributed by atoms with van der Waals surface area (Å²) in [7, 11) is 0. The molecule has 0 atom stereocenters. The molecule has 1 heterocycles. The van der Waals surface area contributed by atoms with Crippen molar-refractivity contribution in [2.45, 2.75) is 5.16 Å². The number of benzene rings is 2. The molecule has 0 aliphatic heterocycles. The molecule has 1 aromatic heterocycles. The van der Waals surface area contributed by atoms with Crippen LogP contribution < -0.4 is 0 Å². The minimum atomic E-state index is -0.432. The van der Waals surface area contributed by atoms with Gasteiger partial charge in [0.25, 0.3) is 0 Å². The highest BCUT2D eigenvalue weighted by molar-refractivity contribution is 7.99. The Morgan fingerprint density at radius 1 is 1.10 bits per heavy atom. The molecule has 3 rings (SSSR count). The van der Waals surface area contributed by atoms with Crippen molar-refractivity contribution in [3.05, 3.63) is 84.7 Å². The fourth-order valence-electron chi connectivity index (χ4n) is 2.84. The van der Waals surface area contributed by atoms with E-state index in [9.17, 15) is 9.18 Å². The summed E-state index contributed by atoms with van der Waals surface area (Å²) in [5.41, 5.74) is 0.898. The van der Waals surface area contributed by atoms with Crippen molar-refractivity contribution in [3.63, 3.8) is 0 Å². The van der Waals surface area contributed by atoms with Crippen molar-refractivity contribution in [1.29, 1.82) is 0 Å². The van der Waals surface area contributed by atoms with Crippen LogP contribution in [0.5, 0.6) is 0 Å². The molecule has 5 nitrogen and oxygen atoms in total. The molecule has 0 unspecified atom stereocenters. The van der Waals surface area contributed by atoms with Crippen LogP contribution >= 0.6 is 23.4 Å². The van der Waals surface area contributed by atoms with Crippen molar-refractivity contribution in [1.82, 2.24) is 19.7 Å². The van der Waals surface area contributed by atoms with E-state index in [-0.39, 0.29) is 17.3 Å². The summed E-state index contributed by atoms with van der Waals surface area (Å²) < 4.78 is 16.2. The van der Waals surface area contributed by atoms with Crippen LogP contribution in [0.1, 0.15) is 0 Å². The lowest BCUT2D eigenvalue weighted by molar-refractivity contribution is -0.127. The van der Waals surface area contributed by atoms with Crippen LogP contribution in [-0.2, 0) is 4.79 Å². The molecule has 0 radical (unpaired) electrons. The van der Waals surface area contributed by atoms with E-state index in [1.54, 1.807) is 58.0 Å². The van der Waals surface area contributed by atoms with Gasteiger partial charge in [-0.05, 0) is 24.3 Å². The molecule has 0 aliphatic rings. The van der Waals surface area contributed by atoms with Gasteiger partial charge in [-0.1, -0.05) is 59.8 Å². The Hall–Kier alpha value is -2.90. The van der Waals surface area contributed by atoms with Crippen molar-refractivity contribution in [3.8, 4) is 17.1 Å². The van der Waals surface area contributed by atoms with Gasteiger partial charge in [0.1, 0.15) is 5.82 Å². The number of nitrogens with zero attached hydrogens (tertiary/aromatic N) is 4. The molecule has 0 saturated heterocycles. The van der Waals surface area contributed by atoms with E-state index in [4.69, 9.17) is 11.6 Å². The molecule has 0 aliphatic carbocycles. The van der Waals surface area contributed by atoms with E-state index in [0.29, 0.717) is 34.7 Å². The highest BCUT2D eigenvalue weighted by Crippen LogP contribution is 2.32. The van der Waals surface area contributed by atoms with E-state index >= 15 is 0 Å². The maximum Gasteiger partial charge on any atom is 0.233 e. The minimum absolute atomic E-state index is 0.108. The van der Waals surface area contributed by atoms with Gasteiger partial charge in [-0.25, -0.2) is 4.39 Å². The molecule has 154 valence electrons. The number of para-hydroxylation sites is 1. The number of thioether (sulfide) groups is 1. The second kappa shape index (κ2) is 10.2. The smallest absolute Gasteiger partial charge is 0.233 e. The minimum Gasteiger partial charge on any atom is -0.335 e. The van der Waals surface area contributed by atoms with Crippen molar-refractivity contribution < 1.29 is 9.18 Å². The summed E-state index contributed by atoms with van der Waals surface area (Å²) in [4.78, 5) is 14.2. The molecule has 3 aromatic rings. The third kappa shape index (κ3) is 4.80. The molecule has 0 N–H and O–H groups in total. The van der Waals surface area contributed by atoms with Crippen LogP contribution in [0, 0.1) is 5.82 Å². The lowest BCUT2D eigenvalue weighted by atomic mass is 10.2. The molecular weight excluding hydrogens is 423 g/mol. The highest BCUT2D eigenvalue weighted by atomic mass is 35.5. The van der Waals surface area contributed by atoms with E-state index in [1.807, 2.05) is 6.07 Å². The Morgan fingerprint density at radius 3 is 2.43 bits per heavy atom. The van der Waals surface area contributed by atoms with Crippen LogP contribution in [0.2, 0.25) is 5.02 Å². The topological polar surface area (TPSA) is 51.0 Å². The first-order valence-corrected chi connectivity index (χ1v) is 10.5. The number of carbonyl (C=O) groups is 1. The predicted molar refractivity (Wildman–Crippen MR) is 119 cm³/mol. The second-order valence-electron chi connectivity index (χ2n) is 6.24. The van der Waals surface area contributed by atoms with Crippen LogP contribution in [0.3, 0.4) is 0 Å². The van der Waals surface area contributed by atoms with Crippen LogP contribution in [0.4, 0.5) is 4.39 Å². The summed E-state index contributed by atoms with van der Waals surface area (Å²) in [6.07, 6.45) is 3.31. The first-order valence-electron chi connectivity index (χ1n) is 9.14. The van der Waals surface area contributed by atoms with Gasteiger partial charge >= 0.3 is 0 Å². The Kier molecular flexibility index (Phi) is 7.43. The summed E-state index contributed by atoms with van der Waals surface area (Å²) in [6, 6.07) is 13.5. The van der Waals surface area contributed by atoms with Gasteiger partial charge in [0.2, 0.25) is 5.91 Å².